The lowest BCUT2D eigenvalue weighted by molar-refractivity contribution is 0.249. The van der Waals surface area contributed by atoms with Crippen LogP contribution in [0.1, 0.15) is 25.7 Å². The first-order valence-corrected chi connectivity index (χ1v) is 7.68. The van der Waals surface area contributed by atoms with Gasteiger partial charge < -0.3 is 0 Å². The molecular weight excluding hydrogens is 304 g/mol. The minimum atomic E-state index is 0.733. The second-order valence-corrected chi connectivity index (χ2v) is 6.11. The molecule has 2 aliphatic heterocycles. The molecule has 1 aromatic rings. The van der Waals surface area contributed by atoms with Crippen LogP contribution in [0.3, 0.4) is 0 Å². The molecule has 0 N–H and O–H groups in total. The number of nitrogens with zero attached hydrogens (tertiary/aromatic N) is 4. The first-order chi connectivity index (χ1) is 9.22. The van der Waals surface area contributed by atoms with Gasteiger partial charge in [0.2, 0.25) is 0 Å². The number of pyridine rings is 1. The van der Waals surface area contributed by atoms with Crippen molar-refractivity contribution in [2.75, 3.05) is 25.1 Å². The number of piperidine rings is 1. The fraction of sp³-hybridized carbons (Fsp3) is 0.571. The number of hydrogen-bond donors (Lipinski definition) is 0. The molecule has 1 unspecified atom stereocenters. The van der Waals surface area contributed by atoms with Crippen LogP contribution < -0.4 is 5.01 Å². The van der Waals surface area contributed by atoms with Crippen molar-refractivity contribution in [1.82, 2.24) is 9.88 Å². The minimum Gasteiger partial charge on any atom is -0.300 e. The topological polar surface area (TPSA) is 31.7 Å². The Morgan fingerprint density at radius 3 is 3.16 bits per heavy atom. The van der Waals surface area contributed by atoms with Gasteiger partial charge in [0, 0.05) is 38.2 Å². The van der Waals surface area contributed by atoms with Gasteiger partial charge in [-0.15, -0.1) is 0 Å². The third-order valence-corrected chi connectivity index (χ3v) is 4.42. The first kappa shape index (κ1) is 13.1. The Labute approximate surface area is 122 Å². The number of hydrazone groups is 1. The van der Waals surface area contributed by atoms with Gasteiger partial charge in [0.15, 0.2) is 0 Å². The van der Waals surface area contributed by atoms with Gasteiger partial charge in [0.05, 0.1) is 0 Å². The number of halogens is 1. The Bertz CT molecular complexity index is 488. The lowest BCUT2D eigenvalue weighted by Gasteiger charge is -2.30. The fourth-order valence-electron chi connectivity index (χ4n) is 3.00. The molecule has 0 aromatic carbocycles. The standard InChI is InChI=1S/C14H19BrN4/c1-18(14-6-2-5-13(15)16-14)17-11-7-9-19-8-3-4-12(19)10-11/h2,5-6,12H,3-4,7-10H2,1H3. The quantitative estimate of drug-likeness (QED) is 0.619. The summed E-state index contributed by atoms with van der Waals surface area (Å²) in [7, 11) is 1.97. The molecule has 0 aliphatic carbocycles. The molecule has 0 spiro atoms. The molecule has 19 heavy (non-hydrogen) atoms. The van der Waals surface area contributed by atoms with Crippen LogP contribution in [0.5, 0.6) is 0 Å². The molecule has 0 amide bonds. The molecule has 4 nitrogen and oxygen atoms in total. The van der Waals surface area contributed by atoms with Gasteiger partial charge >= 0.3 is 0 Å². The maximum absolute atomic E-state index is 4.75. The van der Waals surface area contributed by atoms with Crippen molar-refractivity contribution in [3.63, 3.8) is 0 Å². The summed E-state index contributed by atoms with van der Waals surface area (Å²) < 4.78 is 0.850. The Balaban J connectivity index is 1.71. The number of anilines is 1. The molecule has 2 aliphatic rings. The summed E-state index contributed by atoms with van der Waals surface area (Å²) in [6, 6.07) is 6.64. The van der Waals surface area contributed by atoms with Gasteiger partial charge in [0.25, 0.3) is 0 Å². The molecule has 0 saturated carbocycles. The molecule has 0 bridgehead atoms. The van der Waals surface area contributed by atoms with Crippen molar-refractivity contribution >= 4 is 27.5 Å². The van der Waals surface area contributed by atoms with Crippen LogP contribution in [0.25, 0.3) is 0 Å². The van der Waals surface area contributed by atoms with E-state index in [1.54, 1.807) is 0 Å². The zero-order valence-corrected chi connectivity index (χ0v) is 12.8. The summed E-state index contributed by atoms with van der Waals surface area (Å²) in [5, 5.41) is 6.64. The zero-order chi connectivity index (χ0) is 13.2. The minimum absolute atomic E-state index is 0.733. The molecule has 5 heteroatoms. The van der Waals surface area contributed by atoms with Gasteiger partial charge in [-0.1, -0.05) is 6.07 Å². The number of fused-ring (bicyclic) bond motifs is 1. The lowest BCUT2D eigenvalue weighted by Crippen LogP contribution is -2.38. The first-order valence-electron chi connectivity index (χ1n) is 6.89. The second-order valence-electron chi connectivity index (χ2n) is 5.29. The van der Waals surface area contributed by atoms with Crippen LogP contribution in [0.2, 0.25) is 0 Å². The maximum atomic E-state index is 4.75. The van der Waals surface area contributed by atoms with E-state index >= 15 is 0 Å². The molecular formula is C14H19BrN4. The van der Waals surface area contributed by atoms with Crippen molar-refractivity contribution in [2.45, 2.75) is 31.7 Å². The monoisotopic (exact) mass is 322 g/mol. The van der Waals surface area contributed by atoms with E-state index in [9.17, 15) is 0 Å². The van der Waals surface area contributed by atoms with E-state index in [1.165, 1.54) is 31.6 Å². The zero-order valence-electron chi connectivity index (χ0n) is 11.2. The maximum Gasteiger partial charge on any atom is 0.149 e. The predicted molar refractivity (Wildman–Crippen MR) is 81.6 cm³/mol. The Morgan fingerprint density at radius 2 is 2.32 bits per heavy atom. The summed E-state index contributed by atoms with van der Waals surface area (Å²) in [5.74, 6) is 0.885. The van der Waals surface area contributed by atoms with Crippen LogP contribution in [-0.2, 0) is 0 Å². The highest BCUT2D eigenvalue weighted by atomic mass is 79.9. The van der Waals surface area contributed by atoms with Crippen LogP contribution in [0, 0.1) is 0 Å². The molecule has 2 saturated heterocycles. The Morgan fingerprint density at radius 1 is 1.42 bits per heavy atom. The van der Waals surface area contributed by atoms with E-state index in [-0.39, 0.29) is 0 Å². The van der Waals surface area contributed by atoms with Crippen LogP contribution in [0.4, 0.5) is 5.82 Å². The number of rotatable bonds is 2. The van der Waals surface area contributed by atoms with Gasteiger partial charge in [-0.3, -0.25) is 9.91 Å². The SMILES string of the molecule is CN(N=C1CCN2CCCC2C1)c1cccc(Br)n1. The molecule has 102 valence electrons. The van der Waals surface area contributed by atoms with Gasteiger partial charge in [0.1, 0.15) is 10.4 Å². The highest BCUT2D eigenvalue weighted by Gasteiger charge is 2.29. The Kier molecular flexibility index (Phi) is 3.84. The second kappa shape index (κ2) is 5.59. The van der Waals surface area contributed by atoms with E-state index < -0.39 is 0 Å². The van der Waals surface area contributed by atoms with Crippen molar-refractivity contribution in [2.24, 2.45) is 5.10 Å². The molecule has 0 radical (unpaired) electrons. The summed E-state index contributed by atoms with van der Waals surface area (Å²) >= 11 is 3.40. The van der Waals surface area contributed by atoms with E-state index in [1.807, 2.05) is 30.3 Å². The van der Waals surface area contributed by atoms with Crippen molar-refractivity contribution in [3.05, 3.63) is 22.8 Å². The third kappa shape index (κ3) is 2.98. The van der Waals surface area contributed by atoms with Crippen molar-refractivity contribution in [3.8, 4) is 0 Å². The van der Waals surface area contributed by atoms with E-state index in [2.05, 4.69) is 25.8 Å². The summed E-state index contributed by atoms with van der Waals surface area (Å²) in [6.07, 6.45) is 4.89. The lowest BCUT2D eigenvalue weighted by atomic mass is 10.0. The largest absolute Gasteiger partial charge is 0.300 e. The third-order valence-electron chi connectivity index (χ3n) is 3.98. The average Bonchev–Trinajstić information content (AvgIpc) is 2.86. The normalized spacial score (nSPS) is 25.6. The number of hydrogen-bond acceptors (Lipinski definition) is 4. The predicted octanol–water partition coefficient (Wildman–Crippen LogP) is 2.89. The molecule has 2 fully saturated rings. The van der Waals surface area contributed by atoms with Gasteiger partial charge in [-0.25, -0.2) is 4.98 Å². The molecule has 1 aromatic heterocycles. The fourth-order valence-corrected chi connectivity index (χ4v) is 3.33. The van der Waals surface area contributed by atoms with Crippen LogP contribution in [0.15, 0.2) is 27.9 Å². The van der Waals surface area contributed by atoms with Crippen molar-refractivity contribution < 1.29 is 0 Å². The van der Waals surface area contributed by atoms with E-state index in [0.717, 1.165) is 29.3 Å². The van der Waals surface area contributed by atoms with Crippen LogP contribution >= 0.6 is 15.9 Å². The average molecular weight is 323 g/mol. The number of aromatic nitrogens is 1. The van der Waals surface area contributed by atoms with Gasteiger partial charge in [-0.05, 0) is 47.4 Å². The summed E-state index contributed by atoms with van der Waals surface area (Å²) in [4.78, 5) is 7.04. The van der Waals surface area contributed by atoms with Gasteiger partial charge in [-0.2, -0.15) is 5.10 Å². The summed E-state index contributed by atoms with van der Waals surface area (Å²) in [6.45, 7) is 2.45. The molecule has 3 rings (SSSR count). The smallest absolute Gasteiger partial charge is 0.149 e. The highest BCUT2D eigenvalue weighted by Crippen LogP contribution is 2.26. The Hall–Kier alpha value is -0.940. The van der Waals surface area contributed by atoms with E-state index in [4.69, 9.17) is 5.10 Å². The molecule has 1 atom stereocenters. The highest BCUT2D eigenvalue weighted by molar-refractivity contribution is 9.10. The summed E-state index contributed by atoms with van der Waals surface area (Å²) in [5.41, 5.74) is 1.31. The van der Waals surface area contributed by atoms with Crippen LogP contribution in [-0.4, -0.2) is 41.8 Å². The van der Waals surface area contributed by atoms with Crippen molar-refractivity contribution in [1.29, 1.82) is 0 Å². The molecule has 3 heterocycles. The van der Waals surface area contributed by atoms with E-state index in [0.29, 0.717) is 0 Å².